The lowest BCUT2D eigenvalue weighted by Gasteiger charge is -2.01. The Labute approximate surface area is 55.5 Å². The molecule has 0 aromatic heterocycles. The summed E-state index contributed by atoms with van der Waals surface area (Å²) in [7, 11) is 0. The third kappa shape index (κ3) is 0.653. The van der Waals surface area contributed by atoms with Crippen molar-refractivity contribution in [3.8, 4) is 0 Å². The number of rotatable bonds is 0. The Balaban J connectivity index is 2.42. The van der Waals surface area contributed by atoms with Crippen molar-refractivity contribution in [1.29, 1.82) is 0 Å². The zero-order valence-corrected chi connectivity index (χ0v) is 4.96. The highest BCUT2D eigenvalue weighted by Crippen LogP contribution is 2.15. The fourth-order valence-electron chi connectivity index (χ4n) is 0.982. The van der Waals surface area contributed by atoms with Gasteiger partial charge in [0, 0.05) is 12.6 Å². The minimum absolute atomic E-state index is 0.645. The second kappa shape index (κ2) is 1.69. The average molecular weight is 118 g/mol. The Bertz CT molecular complexity index is 282. The van der Waals surface area contributed by atoms with Gasteiger partial charge < -0.3 is 0 Å². The molecule has 0 amide bonds. The molecule has 2 rings (SSSR count). The number of nitrogens with zero attached hydrogens (tertiary/aromatic N) is 1. The van der Waals surface area contributed by atoms with Crippen LogP contribution in [0.3, 0.4) is 0 Å². The summed E-state index contributed by atoms with van der Waals surface area (Å²) >= 11 is 0. The molecule has 44 valence electrons. The summed E-state index contributed by atoms with van der Waals surface area (Å²) in [6, 6.07) is 0.645. The summed E-state index contributed by atoms with van der Waals surface area (Å²) in [6.45, 7) is 0. The fourth-order valence-corrected chi connectivity index (χ4v) is 0.982. The van der Waals surface area contributed by atoms with E-state index in [1.807, 2.05) is 18.2 Å². The zero-order valence-electron chi connectivity index (χ0n) is 5.96. The molecular weight excluding hydrogens is 110 g/mol. The molecule has 1 nitrogen and oxygen atoms in total. The van der Waals surface area contributed by atoms with Crippen LogP contribution in [0.2, 0.25) is 0 Å². The number of allylic oxidation sites excluding steroid dienone is 5. The highest BCUT2D eigenvalue weighted by Gasteiger charge is 2.07. The molecule has 0 saturated heterocycles. The highest BCUT2D eigenvalue weighted by molar-refractivity contribution is 6.06. The van der Waals surface area contributed by atoms with E-state index in [0.29, 0.717) is 12.5 Å². The van der Waals surface area contributed by atoms with E-state index < -0.39 is 0 Å². The Hall–Kier alpha value is -1.11. The van der Waals surface area contributed by atoms with E-state index in [4.69, 9.17) is 1.37 Å². The molecule has 0 unspecified atom stereocenters. The molecule has 0 saturated carbocycles. The van der Waals surface area contributed by atoms with Gasteiger partial charge in [0.1, 0.15) is 0 Å². The Morgan fingerprint density at radius 2 is 2.67 bits per heavy atom. The van der Waals surface area contributed by atoms with Gasteiger partial charge in [-0.05, 0) is 11.6 Å². The van der Waals surface area contributed by atoms with Crippen molar-refractivity contribution >= 4 is 5.71 Å². The lowest BCUT2D eigenvalue weighted by atomic mass is 10.0. The number of hydrogen-bond donors (Lipinski definition) is 0. The van der Waals surface area contributed by atoms with Gasteiger partial charge in [0.25, 0.3) is 0 Å². The van der Waals surface area contributed by atoms with Crippen molar-refractivity contribution in [3.63, 3.8) is 0 Å². The summed E-state index contributed by atoms with van der Waals surface area (Å²) in [5, 5.41) is 0. The first-order chi connectivity index (χ1) is 4.86. The van der Waals surface area contributed by atoms with Crippen LogP contribution in [-0.4, -0.2) is 5.71 Å². The minimum Gasteiger partial charge on any atom is -0.260 e. The van der Waals surface area contributed by atoms with Gasteiger partial charge in [0.15, 0.2) is 0 Å². The lowest BCUT2D eigenvalue weighted by molar-refractivity contribution is 1.41. The van der Waals surface area contributed by atoms with Crippen molar-refractivity contribution in [2.75, 3.05) is 0 Å². The molecule has 1 heterocycles. The average Bonchev–Trinajstić information content (AvgIpc) is 2.33. The standard InChI is InChI=1S/C8H7N/c1-2-4-8-7(3-1)5-6-9-8/h1-3,5-6H,4H2/i2D. The van der Waals surface area contributed by atoms with Crippen molar-refractivity contribution in [2.24, 2.45) is 4.99 Å². The van der Waals surface area contributed by atoms with E-state index in [9.17, 15) is 0 Å². The second-order valence-electron chi connectivity index (χ2n) is 2.06. The summed E-state index contributed by atoms with van der Waals surface area (Å²) in [6.07, 6.45) is 8.21. The molecule has 0 aromatic carbocycles. The predicted molar refractivity (Wildman–Crippen MR) is 38.4 cm³/mol. The van der Waals surface area contributed by atoms with Crippen LogP contribution in [0, 0.1) is 0 Å². The first-order valence-electron chi connectivity index (χ1n) is 3.47. The van der Waals surface area contributed by atoms with Gasteiger partial charge in [-0.25, -0.2) is 0 Å². The molecule has 0 radical (unpaired) electrons. The van der Waals surface area contributed by atoms with Crippen LogP contribution in [0.25, 0.3) is 0 Å². The topological polar surface area (TPSA) is 12.4 Å². The second-order valence-corrected chi connectivity index (χ2v) is 2.06. The van der Waals surface area contributed by atoms with Crippen LogP contribution in [0.4, 0.5) is 0 Å². The van der Waals surface area contributed by atoms with Crippen molar-refractivity contribution in [1.82, 2.24) is 0 Å². The van der Waals surface area contributed by atoms with E-state index in [0.717, 1.165) is 11.3 Å². The third-order valence-electron chi connectivity index (χ3n) is 1.47. The Morgan fingerprint density at radius 1 is 1.67 bits per heavy atom. The number of fused-ring (bicyclic) bond motifs is 1. The van der Waals surface area contributed by atoms with Gasteiger partial charge in [0.05, 0.1) is 7.08 Å². The van der Waals surface area contributed by atoms with Gasteiger partial charge in [-0.3, -0.25) is 4.99 Å². The smallest absolute Gasteiger partial charge is 0.0580 e. The Kier molecular flexibility index (Phi) is 0.719. The molecule has 1 aliphatic heterocycles. The van der Waals surface area contributed by atoms with E-state index in [1.165, 1.54) is 0 Å². The summed E-state index contributed by atoms with van der Waals surface area (Å²) < 4.78 is 7.33. The van der Waals surface area contributed by atoms with E-state index in [1.54, 1.807) is 6.20 Å². The molecule has 0 aromatic rings. The maximum absolute atomic E-state index is 7.33. The number of aliphatic imine (C=N–C) groups is 1. The highest BCUT2D eigenvalue weighted by atomic mass is 14.7. The predicted octanol–water partition coefficient (Wildman–Crippen LogP) is 1.84. The summed E-state index contributed by atoms with van der Waals surface area (Å²) in [4.78, 5) is 4.12. The molecule has 0 atom stereocenters. The first-order valence-corrected chi connectivity index (χ1v) is 2.97. The quantitative estimate of drug-likeness (QED) is 0.460. The molecule has 0 fully saturated rings. The van der Waals surface area contributed by atoms with Crippen molar-refractivity contribution in [3.05, 3.63) is 36.1 Å². The minimum atomic E-state index is 0.645. The number of hydrogen-bond acceptors (Lipinski definition) is 1. The molecule has 0 bridgehead atoms. The van der Waals surface area contributed by atoms with E-state index >= 15 is 0 Å². The zero-order chi connectivity index (χ0) is 6.97. The van der Waals surface area contributed by atoms with Gasteiger partial charge in [-0.1, -0.05) is 18.2 Å². The summed E-state index contributed by atoms with van der Waals surface area (Å²) in [5.74, 6) is 0. The van der Waals surface area contributed by atoms with Crippen LogP contribution >= 0.6 is 0 Å². The molecule has 9 heavy (non-hydrogen) atoms. The van der Waals surface area contributed by atoms with Crippen LogP contribution in [0.5, 0.6) is 0 Å². The SMILES string of the molecule is [2H]C1=CC=C2C=CN=C2C1. The van der Waals surface area contributed by atoms with Crippen molar-refractivity contribution < 1.29 is 1.37 Å². The molecular formula is C8H7N. The largest absolute Gasteiger partial charge is 0.260 e. The molecule has 1 heteroatoms. The van der Waals surface area contributed by atoms with E-state index in [-0.39, 0.29) is 0 Å². The van der Waals surface area contributed by atoms with Gasteiger partial charge in [0.2, 0.25) is 0 Å². The van der Waals surface area contributed by atoms with Gasteiger partial charge >= 0.3 is 0 Å². The van der Waals surface area contributed by atoms with Crippen LogP contribution in [0.1, 0.15) is 7.79 Å². The third-order valence-corrected chi connectivity index (χ3v) is 1.47. The molecule has 1 aliphatic carbocycles. The Morgan fingerprint density at radius 3 is 3.67 bits per heavy atom. The van der Waals surface area contributed by atoms with Gasteiger partial charge in [-0.15, -0.1) is 0 Å². The normalized spacial score (nSPS) is 24.0. The van der Waals surface area contributed by atoms with Crippen LogP contribution in [0.15, 0.2) is 41.0 Å². The van der Waals surface area contributed by atoms with Crippen LogP contribution in [-0.2, 0) is 0 Å². The lowest BCUT2D eigenvalue weighted by Crippen LogP contribution is -1.97. The maximum atomic E-state index is 7.33. The van der Waals surface area contributed by atoms with Gasteiger partial charge in [-0.2, -0.15) is 0 Å². The van der Waals surface area contributed by atoms with Crippen LogP contribution < -0.4 is 0 Å². The molecule has 0 N–H and O–H groups in total. The van der Waals surface area contributed by atoms with E-state index in [2.05, 4.69) is 4.99 Å². The maximum Gasteiger partial charge on any atom is 0.0580 e. The molecule has 2 aliphatic rings. The molecule has 0 spiro atoms. The van der Waals surface area contributed by atoms with Crippen molar-refractivity contribution in [2.45, 2.75) is 6.42 Å². The fraction of sp³-hybridized carbons (Fsp3) is 0.125. The monoisotopic (exact) mass is 118 g/mol. The summed E-state index contributed by atoms with van der Waals surface area (Å²) in [5.41, 5.74) is 2.20. The first kappa shape index (κ1) is 3.83.